The summed E-state index contributed by atoms with van der Waals surface area (Å²) in [5.74, 6) is -0.337. The van der Waals surface area contributed by atoms with E-state index in [1.807, 2.05) is 24.3 Å². The van der Waals surface area contributed by atoms with Crippen molar-refractivity contribution in [2.45, 2.75) is 20.3 Å². The number of aryl methyl sites for hydroxylation is 2. The van der Waals surface area contributed by atoms with Crippen molar-refractivity contribution in [3.8, 4) is 0 Å². The van der Waals surface area contributed by atoms with Crippen LogP contribution in [0.15, 0.2) is 42.5 Å². The molecule has 6 nitrogen and oxygen atoms in total. The van der Waals surface area contributed by atoms with Crippen LogP contribution in [0.1, 0.15) is 18.1 Å². The highest BCUT2D eigenvalue weighted by Gasteiger charge is 2.15. The largest absolute Gasteiger partial charge is 0.376 e. The van der Waals surface area contributed by atoms with Crippen LogP contribution < -0.4 is 10.6 Å². The van der Waals surface area contributed by atoms with Gasteiger partial charge in [-0.2, -0.15) is 0 Å². The van der Waals surface area contributed by atoms with Gasteiger partial charge in [-0.25, -0.2) is 0 Å². The van der Waals surface area contributed by atoms with Crippen LogP contribution >= 0.6 is 0 Å². The molecule has 0 saturated carbocycles. The van der Waals surface area contributed by atoms with E-state index in [-0.39, 0.29) is 23.8 Å². The Labute approximate surface area is 134 Å². The van der Waals surface area contributed by atoms with Gasteiger partial charge in [0.25, 0.3) is 5.69 Å². The number of carbonyl (C=O) groups excluding carboxylic acids is 1. The van der Waals surface area contributed by atoms with E-state index >= 15 is 0 Å². The maximum atomic E-state index is 12.0. The average Bonchev–Trinajstić information content (AvgIpc) is 2.55. The van der Waals surface area contributed by atoms with E-state index in [0.29, 0.717) is 0 Å². The Bertz CT molecular complexity index is 712. The number of hydrogen-bond acceptors (Lipinski definition) is 4. The molecule has 0 heterocycles. The molecule has 2 aromatic rings. The fourth-order valence-corrected chi connectivity index (χ4v) is 2.13. The summed E-state index contributed by atoms with van der Waals surface area (Å²) in [6.45, 7) is 3.88. The minimum atomic E-state index is -0.500. The molecule has 0 aliphatic rings. The first kappa shape index (κ1) is 16.5. The van der Waals surface area contributed by atoms with Crippen LogP contribution in [-0.2, 0) is 11.2 Å². The van der Waals surface area contributed by atoms with Gasteiger partial charge in [-0.05, 0) is 42.7 Å². The third-order valence-electron chi connectivity index (χ3n) is 3.44. The lowest BCUT2D eigenvalue weighted by Gasteiger charge is -2.09. The molecule has 2 rings (SSSR count). The quantitative estimate of drug-likeness (QED) is 0.631. The fraction of sp³-hybridized carbons (Fsp3) is 0.235. The van der Waals surface area contributed by atoms with Crippen molar-refractivity contribution in [3.63, 3.8) is 0 Å². The van der Waals surface area contributed by atoms with Gasteiger partial charge in [0.1, 0.15) is 5.69 Å². The van der Waals surface area contributed by atoms with E-state index in [1.54, 1.807) is 19.1 Å². The van der Waals surface area contributed by atoms with Gasteiger partial charge in [0.2, 0.25) is 5.91 Å². The molecule has 2 aromatic carbocycles. The second-order valence-corrected chi connectivity index (χ2v) is 5.23. The van der Waals surface area contributed by atoms with Crippen molar-refractivity contribution >= 4 is 23.0 Å². The molecular weight excluding hydrogens is 294 g/mol. The molecule has 2 N–H and O–H groups in total. The molecular formula is C17H19N3O3. The third kappa shape index (κ3) is 4.54. The van der Waals surface area contributed by atoms with Gasteiger partial charge in [0, 0.05) is 11.8 Å². The molecule has 0 fully saturated rings. The monoisotopic (exact) mass is 313 g/mol. The molecule has 6 heteroatoms. The van der Waals surface area contributed by atoms with Crippen molar-refractivity contribution in [1.82, 2.24) is 0 Å². The zero-order valence-electron chi connectivity index (χ0n) is 13.1. The van der Waals surface area contributed by atoms with Gasteiger partial charge in [-0.1, -0.05) is 25.1 Å². The van der Waals surface area contributed by atoms with Crippen molar-refractivity contribution in [3.05, 3.63) is 63.7 Å². The number of carbonyl (C=O) groups is 1. The number of rotatable bonds is 6. The Kier molecular flexibility index (Phi) is 5.30. The van der Waals surface area contributed by atoms with E-state index in [0.717, 1.165) is 17.7 Å². The summed E-state index contributed by atoms with van der Waals surface area (Å²) in [4.78, 5) is 22.5. The van der Waals surface area contributed by atoms with E-state index < -0.39 is 4.92 Å². The van der Waals surface area contributed by atoms with Gasteiger partial charge >= 0.3 is 0 Å². The Hall–Kier alpha value is -2.89. The molecule has 1 amide bonds. The van der Waals surface area contributed by atoms with Crippen LogP contribution in [0.5, 0.6) is 0 Å². The number of hydrogen-bond donors (Lipinski definition) is 2. The minimum absolute atomic E-state index is 0.0382. The van der Waals surface area contributed by atoms with E-state index in [2.05, 4.69) is 17.6 Å². The molecule has 0 aromatic heterocycles. The molecule has 120 valence electrons. The van der Waals surface area contributed by atoms with Gasteiger partial charge < -0.3 is 10.6 Å². The van der Waals surface area contributed by atoms with Gasteiger partial charge in [-0.15, -0.1) is 0 Å². The van der Waals surface area contributed by atoms with Gasteiger partial charge in [0.05, 0.1) is 11.5 Å². The van der Waals surface area contributed by atoms with Crippen LogP contribution in [0.2, 0.25) is 0 Å². The second kappa shape index (κ2) is 7.40. The summed E-state index contributed by atoms with van der Waals surface area (Å²) in [5, 5.41) is 16.6. The first-order valence-corrected chi connectivity index (χ1v) is 7.37. The van der Waals surface area contributed by atoms with Gasteiger partial charge in [-0.3, -0.25) is 14.9 Å². The maximum absolute atomic E-state index is 12.0. The highest BCUT2D eigenvalue weighted by Crippen LogP contribution is 2.25. The molecule has 0 radical (unpaired) electrons. The van der Waals surface area contributed by atoms with Crippen molar-refractivity contribution in [1.29, 1.82) is 0 Å². The smallest absolute Gasteiger partial charge is 0.293 e. The number of nitro benzene ring substituents is 1. The topological polar surface area (TPSA) is 84.3 Å². The number of nitrogens with zero attached hydrogens (tertiary/aromatic N) is 1. The predicted molar refractivity (Wildman–Crippen MR) is 90.8 cm³/mol. The second-order valence-electron chi connectivity index (χ2n) is 5.23. The molecule has 0 spiro atoms. The average molecular weight is 313 g/mol. The van der Waals surface area contributed by atoms with Crippen LogP contribution in [0.3, 0.4) is 0 Å². The Morgan fingerprint density at radius 1 is 1.17 bits per heavy atom. The molecule has 23 heavy (non-hydrogen) atoms. The lowest BCUT2D eigenvalue weighted by molar-refractivity contribution is -0.384. The predicted octanol–water partition coefficient (Wildman–Crippen LogP) is 3.52. The number of nitro groups is 1. The Morgan fingerprint density at radius 3 is 2.48 bits per heavy atom. The SMILES string of the molecule is CCc1ccc(NCC(=O)Nc2ccc(C)cc2[N+](=O)[O-])cc1. The molecule has 0 atom stereocenters. The molecule has 0 bridgehead atoms. The summed E-state index contributed by atoms with van der Waals surface area (Å²) in [6, 6.07) is 12.5. The molecule has 0 saturated heterocycles. The minimum Gasteiger partial charge on any atom is -0.376 e. The third-order valence-corrected chi connectivity index (χ3v) is 3.44. The van der Waals surface area contributed by atoms with Crippen LogP contribution in [0, 0.1) is 17.0 Å². The standard InChI is InChI=1S/C17H19N3O3/c1-3-13-5-7-14(8-6-13)18-11-17(21)19-15-9-4-12(2)10-16(15)20(22)23/h4-10,18H,3,11H2,1-2H3,(H,19,21). The van der Waals surface area contributed by atoms with Crippen LogP contribution in [0.25, 0.3) is 0 Å². The zero-order chi connectivity index (χ0) is 16.8. The van der Waals surface area contributed by atoms with Crippen LogP contribution in [-0.4, -0.2) is 17.4 Å². The number of nitrogens with one attached hydrogen (secondary N) is 2. The van der Waals surface area contributed by atoms with E-state index in [1.165, 1.54) is 11.6 Å². The summed E-state index contributed by atoms with van der Waals surface area (Å²) >= 11 is 0. The molecule has 0 aliphatic heterocycles. The fourth-order valence-electron chi connectivity index (χ4n) is 2.13. The van der Waals surface area contributed by atoms with Crippen molar-refractivity contribution in [2.24, 2.45) is 0 Å². The zero-order valence-corrected chi connectivity index (χ0v) is 13.1. The highest BCUT2D eigenvalue weighted by atomic mass is 16.6. The molecule has 0 unspecified atom stereocenters. The normalized spacial score (nSPS) is 10.2. The van der Waals surface area contributed by atoms with E-state index in [9.17, 15) is 14.9 Å². The summed E-state index contributed by atoms with van der Waals surface area (Å²) in [6.07, 6.45) is 0.956. The first-order valence-electron chi connectivity index (χ1n) is 7.37. The first-order chi connectivity index (χ1) is 11.0. The lowest BCUT2D eigenvalue weighted by Crippen LogP contribution is -2.22. The number of anilines is 2. The Balaban J connectivity index is 1.98. The number of amides is 1. The van der Waals surface area contributed by atoms with Crippen molar-refractivity contribution < 1.29 is 9.72 Å². The Morgan fingerprint density at radius 2 is 1.87 bits per heavy atom. The lowest BCUT2D eigenvalue weighted by atomic mass is 10.1. The maximum Gasteiger partial charge on any atom is 0.293 e. The highest BCUT2D eigenvalue weighted by molar-refractivity contribution is 5.95. The van der Waals surface area contributed by atoms with Crippen LogP contribution in [0.4, 0.5) is 17.1 Å². The molecule has 0 aliphatic carbocycles. The van der Waals surface area contributed by atoms with Gasteiger partial charge in [0.15, 0.2) is 0 Å². The van der Waals surface area contributed by atoms with Crippen molar-refractivity contribution in [2.75, 3.05) is 17.2 Å². The number of benzene rings is 2. The summed E-state index contributed by atoms with van der Waals surface area (Å²) in [7, 11) is 0. The van der Waals surface area contributed by atoms with E-state index in [4.69, 9.17) is 0 Å². The summed E-state index contributed by atoms with van der Waals surface area (Å²) < 4.78 is 0. The summed E-state index contributed by atoms with van der Waals surface area (Å²) in [5.41, 5.74) is 2.91.